The summed E-state index contributed by atoms with van der Waals surface area (Å²) in [7, 11) is 0. The van der Waals surface area contributed by atoms with Crippen LogP contribution >= 0.6 is 11.8 Å². The first-order valence-corrected chi connectivity index (χ1v) is 4.92. The molecular formula is C9H17NS. The number of allylic oxidation sites excluding steroid dienone is 1. The quantitative estimate of drug-likeness (QED) is 0.665. The fourth-order valence-electron chi connectivity index (χ4n) is 0.694. The van der Waals surface area contributed by atoms with E-state index in [1.54, 1.807) is 11.8 Å². The summed E-state index contributed by atoms with van der Waals surface area (Å²) in [4.78, 5) is 0. The molecule has 0 saturated carbocycles. The first-order valence-electron chi connectivity index (χ1n) is 3.98. The molecule has 0 aliphatic heterocycles. The predicted molar refractivity (Wildman–Crippen MR) is 54.4 cm³/mol. The van der Waals surface area contributed by atoms with Crippen LogP contribution in [0, 0.1) is 0 Å². The van der Waals surface area contributed by atoms with Crippen LogP contribution in [0.15, 0.2) is 23.5 Å². The van der Waals surface area contributed by atoms with Gasteiger partial charge < -0.3 is 5.73 Å². The van der Waals surface area contributed by atoms with Crippen molar-refractivity contribution in [2.45, 2.75) is 32.2 Å². The van der Waals surface area contributed by atoms with Gasteiger partial charge in [-0.25, -0.2) is 0 Å². The fraction of sp³-hybridized carbons (Fsp3) is 0.556. The Labute approximate surface area is 73.7 Å². The molecular weight excluding hydrogens is 154 g/mol. The third-order valence-corrected chi connectivity index (χ3v) is 2.04. The second-order valence-electron chi connectivity index (χ2n) is 2.42. The molecule has 0 heterocycles. The monoisotopic (exact) mass is 171 g/mol. The maximum absolute atomic E-state index is 5.73. The smallest absolute Gasteiger partial charge is 0.00391 e. The Morgan fingerprint density at radius 2 is 2.36 bits per heavy atom. The van der Waals surface area contributed by atoms with Crippen molar-refractivity contribution in [3.05, 3.63) is 23.5 Å². The zero-order valence-corrected chi connectivity index (χ0v) is 7.94. The minimum Gasteiger partial charge on any atom is -0.328 e. The molecule has 0 spiro atoms. The minimum absolute atomic E-state index is 0.369. The fourth-order valence-corrected chi connectivity index (χ4v) is 1.05. The molecule has 0 aromatic heterocycles. The highest BCUT2D eigenvalue weighted by atomic mass is 32.2. The molecule has 0 bridgehead atoms. The SMILES string of the molecule is C=CS/C=C\CCC(N)CC. The van der Waals surface area contributed by atoms with Gasteiger partial charge in [0.15, 0.2) is 0 Å². The van der Waals surface area contributed by atoms with Crippen LogP contribution in [0.3, 0.4) is 0 Å². The van der Waals surface area contributed by atoms with E-state index in [0.29, 0.717) is 6.04 Å². The van der Waals surface area contributed by atoms with Crippen molar-refractivity contribution in [3.63, 3.8) is 0 Å². The third-order valence-electron chi connectivity index (χ3n) is 1.50. The molecule has 0 aromatic rings. The topological polar surface area (TPSA) is 26.0 Å². The molecule has 0 saturated heterocycles. The number of hydrogen-bond acceptors (Lipinski definition) is 2. The van der Waals surface area contributed by atoms with E-state index in [1.165, 1.54) is 0 Å². The second kappa shape index (κ2) is 7.89. The van der Waals surface area contributed by atoms with Gasteiger partial charge in [0.1, 0.15) is 0 Å². The molecule has 0 aliphatic rings. The summed E-state index contributed by atoms with van der Waals surface area (Å²) < 4.78 is 0. The molecule has 64 valence electrons. The van der Waals surface area contributed by atoms with Gasteiger partial charge in [0, 0.05) is 6.04 Å². The van der Waals surface area contributed by atoms with Crippen molar-refractivity contribution in [2.24, 2.45) is 5.73 Å². The molecule has 2 heteroatoms. The van der Waals surface area contributed by atoms with E-state index in [1.807, 2.05) is 5.41 Å². The molecule has 0 fully saturated rings. The summed E-state index contributed by atoms with van der Waals surface area (Å²) in [6.45, 7) is 5.71. The Bertz CT molecular complexity index is 121. The predicted octanol–water partition coefficient (Wildman–Crippen LogP) is 2.89. The zero-order chi connectivity index (χ0) is 8.53. The van der Waals surface area contributed by atoms with Crippen molar-refractivity contribution in [2.75, 3.05) is 0 Å². The minimum atomic E-state index is 0.369. The molecule has 1 unspecified atom stereocenters. The first-order chi connectivity index (χ1) is 5.31. The number of nitrogens with two attached hydrogens (primary N) is 1. The van der Waals surface area contributed by atoms with Gasteiger partial charge in [-0.05, 0) is 30.1 Å². The Morgan fingerprint density at radius 3 is 2.91 bits per heavy atom. The van der Waals surface area contributed by atoms with Gasteiger partial charge in [-0.3, -0.25) is 0 Å². The maximum Gasteiger partial charge on any atom is 0.00391 e. The standard InChI is InChI=1S/C9H17NS/c1-3-9(10)7-5-6-8-11-4-2/h4,6,8-9H,2-3,5,7,10H2,1H3/b8-6-. The van der Waals surface area contributed by atoms with Crippen molar-refractivity contribution in [1.82, 2.24) is 0 Å². The largest absolute Gasteiger partial charge is 0.328 e. The van der Waals surface area contributed by atoms with Crippen LogP contribution in [0.4, 0.5) is 0 Å². The zero-order valence-electron chi connectivity index (χ0n) is 7.12. The van der Waals surface area contributed by atoms with Gasteiger partial charge in [0.25, 0.3) is 0 Å². The van der Waals surface area contributed by atoms with E-state index in [4.69, 9.17) is 5.73 Å². The van der Waals surface area contributed by atoms with Crippen LogP contribution in [-0.4, -0.2) is 6.04 Å². The van der Waals surface area contributed by atoms with Gasteiger partial charge >= 0.3 is 0 Å². The van der Waals surface area contributed by atoms with Crippen molar-refractivity contribution < 1.29 is 0 Å². The summed E-state index contributed by atoms with van der Waals surface area (Å²) in [5.41, 5.74) is 5.73. The summed E-state index contributed by atoms with van der Waals surface area (Å²) in [6, 6.07) is 0.369. The molecule has 1 atom stereocenters. The highest BCUT2D eigenvalue weighted by molar-refractivity contribution is 8.04. The van der Waals surface area contributed by atoms with Crippen molar-refractivity contribution >= 4 is 11.8 Å². The highest BCUT2D eigenvalue weighted by Crippen LogP contribution is 2.05. The molecule has 11 heavy (non-hydrogen) atoms. The summed E-state index contributed by atoms with van der Waals surface area (Å²) in [5, 5.41) is 3.87. The number of thioether (sulfide) groups is 1. The van der Waals surface area contributed by atoms with E-state index in [-0.39, 0.29) is 0 Å². The van der Waals surface area contributed by atoms with Crippen LogP contribution < -0.4 is 5.73 Å². The molecule has 2 N–H and O–H groups in total. The Morgan fingerprint density at radius 1 is 1.64 bits per heavy atom. The molecule has 0 radical (unpaired) electrons. The molecule has 0 aliphatic carbocycles. The molecule has 1 nitrogen and oxygen atoms in total. The lowest BCUT2D eigenvalue weighted by atomic mass is 10.1. The van der Waals surface area contributed by atoms with E-state index in [0.717, 1.165) is 19.3 Å². The van der Waals surface area contributed by atoms with Gasteiger partial charge in [0.2, 0.25) is 0 Å². The lowest BCUT2D eigenvalue weighted by molar-refractivity contribution is 0.603. The lowest BCUT2D eigenvalue weighted by Gasteiger charge is -2.04. The summed E-state index contributed by atoms with van der Waals surface area (Å²) >= 11 is 1.61. The average molecular weight is 171 g/mol. The van der Waals surface area contributed by atoms with Gasteiger partial charge in [-0.2, -0.15) is 0 Å². The summed E-state index contributed by atoms with van der Waals surface area (Å²) in [5.74, 6) is 0. The van der Waals surface area contributed by atoms with Gasteiger partial charge in [-0.15, -0.1) is 11.8 Å². The molecule has 0 amide bonds. The normalized spacial score (nSPS) is 13.6. The molecule has 0 aromatic carbocycles. The van der Waals surface area contributed by atoms with Crippen LogP contribution in [0.25, 0.3) is 0 Å². The van der Waals surface area contributed by atoms with Crippen LogP contribution in [0.5, 0.6) is 0 Å². The van der Waals surface area contributed by atoms with Gasteiger partial charge in [0.05, 0.1) is 0 Å². The lowest BCUT2D eigenvalue weighted by Crippen LogP contribution is -2.17. The van der Waals surface area contributed by atoms with Crippen LogP contribution in [0.2, 0.25) is 0 Å². The van der Waals surface area contributed by atoms with Gasteiger partial charge in [-0.1, -0.05) is 19.6 Å². The van der Waals surface area contributed by atoms with Crippen molar-refractivity contribution in [3.8, 4) is 0 Å². The van der Waals surface area contributed by atoms with E-state index < -0.39 is 0 Å². The van der Waals surface area contributed by atoms with E-state index in [2.05, 4.69) is 25.0 Å². The number of rotatable bonds is 6. The Balaban J connectivity index is 3.18. The van der Waals surface area contributed by atoms with E-state index >= 15 is 0 Å². The average Bonchev–Trinajstić information content (AvgIpc) is 2.04. The first kappa shape index (κ1) is 10.8. The third kappa shape index (κ3) is 7.69. The van der Waals surface area contributed by atoms with Crippen molar-refractivity contribution in [1.29, 1.82) is 0 Å². The number of hydrogen-bond donors (Lipinski definition) is 1. The molecule has 0 rings (SSSR count). The summed E-state index contributed by atoms with van der Waals surface area (Å²) in [6.07, 6.45) is 5.38. The Hall–Kier alpha value is -0.210. The highest BCUT2D eigenvalue weighted by Gasteiger charge is 1.94. The Kier molecular flexibility index (Phi) is 7.74. The maximum atomic E-state index is 5.73. The van der Waals surface area contributed by atoms with Crippen LogP contribution in [-0.2, 0) is 0 Å². The van der Waals surface area contributed by atoms with E-state index in [9.17, 15) is 0 Å². The second-order valence-corrected chi connectivity index (χ2v) is 3.30. The van der Waals surface area contributed by atoms with Crippen LogP contribution in [0.1, 0.15) is 26.2 Å².